The van der Waals surface area contributed by atoms with Crippen LogP contribution >= 0.6 is 0 Å². The van der Waals surface area contributed by atoms with Crippen molar-refractivity contribution >= 4 is 17.9 Å². The molecule has 0 aromatic heterocycles. The summed E-state index contributed by atoms with van der Waals surface area (Å²) in [7, 11) is 2.74. The number of ether oxygens (including phenoxy) is 2. The summed E-state index contributed by atoms with van der Waals surface area (Å²) < 4.78 is 10.1. The molecule has 1 aromatic carbocycles. The smallest absolute Gasteiger partial charge is 0.282 e. The van der Waals surface area contributed by atoms with Crippen molar-refractivity contribution in [2.75, 3.05) is 14.2 Å². The van der Waals surface area contributed by atoms with E-state index < -0.39 is 4.92 Å². The number of nitrogens with two attached hydrogens (primary N) is 1. The lowest BCUT2D eigenvalue weighted by atomic mass is 10.1. The molecule has 0 aliphatic rings. The summed E-state index contributed by atoms with van der Waals surface area (Å²) in [6.07, 6.45) is 1.07. The third-order valence-electron chi connectivity index (χ3n) is 2.22. The fourth-order valence-electron chi connectivity index (χ4n) is 1.40. The quantitative estimate of drug-likeness (QED) is 0.303. The Hall–Kier alpha value is -2.88. The van der Waals surface area contributed by atoms with E-state index in [4.69, 9.17) is 20.4 Å². The van der Waals surface area contributed by atoms with Crippen LogP contribution in [-0.4, -0.2) is 36.5 Å². The van der Waals surface area contributed by atoms with Crippen molar-refractivity contribution in [2.45, 2.75) is 0 Å². The lowest BCUT2D eigenvalue weighted by Gasteiger charge is -2.09. The third-order valence-corrected chi connectivity index (χ3v) is 2.22. The number of rotatable bonds is 5. The Morgan fingerprint density at radius 3 is 2.70 bits per heavy atom. The molecule has 0 unspecified atom stereocenters. The molecule has 0 aliphatic carbocycles. The zero-order valence-electron chi connectivity index (χ0n) is 10.7. The highest BCUT2D eigenvalue weighted by Gasteiger charge is 2.21. The first kappa shape index (κ1) is 15.2. The Kier molecular flexibility index (Phi) is 5.23. The Morgan fingerprint density at radius 1 is 1.50 bits per heavy atom. The van der Waals surface area contributed by atoms with Gasteiger partial charge < -0.3 is 15.2 Å². The van der Waals surface area contributed by atoms with E-state index in [1.807, 2.05) is 0 Å². The van der Waals surface area contributed by atoms with Gasteiger partial charge in [-0.25, -0.2) is 5.48 Å². The molecule has 20 heavy (non-hydrogen) atoms. The lowest BCUT2D eigenvalue weighted by Crippen LogP contribution is -2.27. The van der Waals surface area contributed by atoms with Gasteiger partial charge in [0.25, 0.3) is 5.69 Å². The molecule has 1 rings (SSSR count). The van der Waals surface area contributed by atoms with Crippen molar-refractivity contribution < 1.29 is 19.6 Å². The van der Waals surface area contributed by atoms with E-state index in [2.05, 4.69) is 10.2 Å². The topological polar surface area (TPSA) is 145 Å². The number of nitro groups is 1. The van der Waals surface area contributed by atoms with Gasteiger partial charge >= 0.3 is 0 Å². The van der Waals surface area contributed by atoms with Gasteiger partial charge in [-0.15, -0.1) is 5.10 Å². The van der Waals surface area contributed by atoms with Gasteiger partial charge in [0.05, 0.1) is 25.4 Å². The Bertz CT molecular complexity index is 557. The van der Waals surface area contributed by atoms with E-state index in [0.717, 1.165) is 6.21 Å². The number of hydrogen-bond acceptors (Lipinski definition) is 7. The van der Waals surface area contributed by atoms with Crippen LogP contribution in [-0.2, 0) is 0 Å². The molecule has 0 bridgehead atoms. The zero-order chi connectivity index (χ0) is 15.1. The maximum atomic E-state index is 11.0. The highest BCUT2D eigenvalue weighted by Crippen LogP contribution is 2.35. The summed E-state index contributed by atoms with van der Waals surface area (Å²) in [6, 6.07) is 2.65. The summed E-state index contributed by atoms with van der Waals surface area (Å²) in [4.78, 5) is 10.4. The van der Waals surface area contributed by atoms with Crippen LogP contribution in [0.3, 0.4) is 0 Å². The minimum absolute atomic E-state index is 0.0614. The lowest BCUT2D eigenvalue weighted by molar-refractivity contribution is -0.385. The number of nitrogens with zero attached hydrogens (tertiary/aromatic N) is 3. The molecule has 0 heterocycles. The minimum atomic E-state index is -0.597. The summed E-state index contributed by atoms with van der Waals surface area (Å²) in [5.41, 5.74) is 6.53. The molecular formula is C10H13N5O5. The van der Waals surface area contributed by atoms with Crippen LogP contribution in [0.1, 0.15) is 5.56 Å². The van der Waals surface area contributed by atoms with Crippen molar-refractivity contribution in [3.05, 3.63) is 27.8 Å². The molecule has 108 valence electrons. The highest BCUT2D eigenvalue weighted by atomic mass is 16.6. The van der Waals surface area contributed by atoms with Gasteiger partial charge in [0, 0.05) is 6.07 Å². The first-order valence-electron chi connectivity index (χ1n) is 5.21. The van der Waals surface area contributed by atoms with Crippen LogP contribution in [0.2, 0.25) is 0 Å². The van der Waals surface area contributed by atoms with Crippen LogP contribution in [0.5, 0.6) is 11.5 Å². The average molecular weight is 283 g/mol. The van der Waals surface area contributed by atoms with Crippen LogP contribution in [0.25, 0.3) is 0 Å². The SMILES string of the molecule is COc1ccc([N+](=O)[O-])c(/C=N/N=C(N)NO)c1OC. The minimum Gasteiger partial charge on any atom is -0.493 e. The number of methoxy groups -OCH3 is 2. The summed E-state index contributed by atoms with van der Waals surface area (Å²) in [6.45, 7) is 0. The molecule has 0 aliphatic heterocycles. The van der Waals surface area contributed by atoms with Gasteiger partial charge in [-0.1, -0.05) is 0 Å². The van der Waals surface area contributed by atoms with Gasteiger partial charge in [-0.2, -0.15) is 5.10 Å². The predicted molar refractivity (Wildman–Crippen MR) is 70.3 cm³/mol. The van der Waals surface area contributed by atoms with Gasteiger partial charge in [-0.3, -0.25) is 15.3 Å². The monoisotopic (exact) mass is 283 g/mol. The number of hydrogen-bond donors (Lipinski definition) is 3. The Labute approximate surface area is 113 Å². The number of nitro benzene ring substituents is 1. The van der Waals surface area contributed by atoms with E-state index in [1.54, 1.807) is 5.48 Å². The molecule has 0 saturated heterocycles. The molecule has 0 amide bonds. The number of benzene rings is 1. The molecule has 10 heteroatoms. The molecule has 0 atom stereocenters. The fraction of sp³-hybridized carbons (Fsp3) is 0.200. The first-order valence-corrected chi connectivity index (χ1v) is 5.21. The van der Waals surface area contributed by atoms with E-state index in [1.165, 1.54) is 26.4 Å². The van der Waals surface area contributed by atoms with E-state index in [9.17, 15) is 10.1 Å². The molecule has 0 saturated carbocycles. The normalized spacial score (nSPS) is 11.4. The maximum Gasteiger partial charge on any atom is 0.282 e. The van der Waals surface area contributed by atoms with Crippen LogP contribution < -0.4 is 20.7 Å². The Balaban J connectivity index is 3.35. The van der Waals surface area contributed by atoms with Gasteiger partial charge in [-0.05, 0) is 6.07 Å². The predicted octanol–water partition coefficient (Wildman–Crippen LogP) is 0.239. The van der Waals surface area contributed by atoms with Crippen molar-refractivity contribution in [3.63, 3.8) is 0 Å². The van der Waals surface area contributed by atoms with E-state index in [-0.39, 0.29) is 23.0 Å². The van der Waals surface area contributed by atoms with Crippen LogP contribution in [0.4, 0.5) is 5.69 Å². The zero-order valence-corrected chi connectivity index (χ0v) is 10.7. The summed E-state index contributed by atoms with van der Waals surface area (Å²) in [5.74, 6) is 0.0683. The van der Waals surface area contributed by atoms with Crippen molar-refractivity contribution in [3.8, 4) is 11.5 Å². The molecule has 1 aromatic rings. The standard InChI is InChI=1S/C10H13N5O5/c1-19-8-4-3-7(15(17)18)6(9(8)20-2)5-12-13-10(11)14-16/h3-5,16H,1-2H3,(H3,11,13,14)/b12-5+. The van der Waals surface area contributed by atoms with Gasteiger partial charge in [0.2, 0.25) is 5.96 Å². The van der Waals surface area contributed by atoms with Gasteiger partial charge in [0.15, 0.2) is 11.5 Å². The second-order valence-corrected chi connectivity index (χ2v) is 3.33. The molecule has 0 fully saturated rings. The highest BCUT2D eigenvalue weighted by molar-refractivity contribution is 5.91. The average Bonchev–Trinajstić information content (AvgIpc) is 2.45. The maximum absolute atomic E-state index is 11.0. The van der Waals surface area contributed by atoms with Gasteiger partial charge in [0.1, 0.15) is 5.56 Å². The second kappa shape index (κ2) is 6.89. The third kappa shape index (κ3) is 3.32. The molecule has 0 radical (unpaired) electrons. The van der Waals surface area contributed by atoms with Crippen LogP contribution in [0, 0.1) is 10.1 Å². The van der Waals surface area contributed by atoms with Crippen molar-refractivity contribution in [1.82, 2.24) is 5.48 Å². The molecule has 4 N–H and O–H groups in total. The summed E-state index contributed by atoms with van der Waals surface area (Å²) >= 11 is 0. The largest absolute Gasteiger partial charge is 0.493 e. The molecular weight excluding hydrogens is 270 g/mol. The number of hydroxylamine groups is 1. The van der Waals surface area contributed by atoms with Crippen molar-refractivity contribution in [2.24, 2.45) is 15.9 Å². The Morgan fingerprint density at radius 2 is 2.20 bits per heavy atom. The van der Waals surface area contributed by atoms with E-state index >= 15 is 0 Å². The summed E-state index contributed by atoms with van der Waals surface area (Å²) in [5, 5.41) is 26.3. The van der Waals surface area contributed by atoms with E-state index in [0.29, 0.717) is 5.75 Å². The molecule has 10 nitrogen and oxygen atoms in total. The molecule has 0 spiro atoms. The first-order chi connectivity index (χ1) is 9.54. The second-order valence-electron chi connectivity index (χ2n) is 3.33. The fourth-order valence-corrected chi connectivity index (χ4v) is 1.40. The van der Waals surface area contributed by atoms with Crippen LogP contribution in [0.15, 0.2) is 22.3 Å². The number of nitrogens with one attached hydrogen (secondary N) is 1. The van der Waals surface area contributed by atoms with Crippen molar-refractivity contribution in [1.29, 1.82) is 0 Å². The number of guanidine groups is 1.